The maximum atomic E-state index is 12.1. The number of nitrogens with one attached hydrogen (secondary N) is 3. The SMILES string of the molecule is CCNC(=O)C[C@H]1C=C[C@H](NC(=O)NC2CCCCC2)[C@H](CO)O1. The summed E-state index contributed by atoms with van der Waals surface area (Å²) in [6.07, 6.45) is 8.42. The molecule has 136 valence electrons. The second kappa shape index (κ2) is 9.64. The highest BCUT2D eigenvalue weighted by molar-refractivity contribution is 5.77. The molecule has 1 aliphatic heterocycles. The largest absolute Gasteiger partial charge is 0.394 e. The highest BCUT2D eigenvalue weighted by atomic mass is 16.5. The van der Waals surface area contributed by atoms with Crippen LogP contribution >= 0.6 is 0 Å². The van der Waals surface area contributed by atoms with Crippen molar-refractivity contribution in [2.24, 2.45) is 0 Å². The van der Waals surface area contributed by atoms with E-state index < -0.39 is 12.1 Å². The van der Waals surface area contributed by atoms with Crippen molar-refractivity contribution in [1.29, 1.82) is 0 Å². The summed E-state index contributed by atoms with van der Waals surface area (Å²) in [6.45, 7) is 2.21. The van der Waals surface area contributed by atoms with E-state index in [1.807, 2.05) is 6.92 Å². The van der Waals surface area contributed by atoms with Crippen LogP contribution < -0.4 is 16.0 Å². The number of aliphatic hydroxyl groups is 1. The van der Waals surface area contributed by atoms with Crippen molar-refractivity contribution in [1.82, 2.24) is 16.0 Å². The summed E-state index contributed by atoms with van der Waals surface area (Å²) in [4.78, 5) is 23.7. The number of carbonyl (C=O) groups is 2. The molecule has 7 heteroatoms. The van der Waals surface area contributed by atoms with Crippen molar-refractivity contribution in [2.45, 2.75) is 69.7 Å². The van der Waals surface area contributed by atoms with E-state index in [1.165, 1.54) is 6.42 Å². The van der Waals surface area contributed by atoms with Crippen molar-refractivity contribution in [3.05, 3.63) is 12.2 Å². The van der Waals surface area contributed by atoms with Crippen molar-refractivity contribution in [3.8, 4) is 0 Å². The normalized spacial score (nSPS) is 27.5. The molecule has 0 saturated heterocycles. The molecular weight excluding hydrogens is 310 g/mol. The number of hydrogen-bond donors (Lipinski definition) is 4. The van der Waals surface area contributed by atoms with E-state index in [1.54, 1.807) is 12.2 Å². The minimum Gasteiger partial charge on any atom is -0.394 e. The second-order valence-electron chi connectivity index (χ2n) is 6.42. The van der Waals surface area contributed by atoms with Gasteiger partial charge in [-0.05, 0) is 19.8 Å². The van der Waals surface area contributed by atoms with E-state index in [0.717, 1.165) is 25.7 Å². The smallest absolute Gasteiger partial charge is 0.315 e. The first-order chi connectivity index (χ1) is 11.6. The Hall–Kier alpha value is -1.60. The van der Waals surface area contributed by atoms with Crippen LogP contribution in [-0.4, -0.2) is 54.5 Å². The van der Waals surface area contributed by atoms with Gasteiger partial charge in [0.1, 0.15) is 6.10 Å². The van der Waals surface area contributed by atoms with Crippen LogP contribution in [0, 0.1) is 0 Å². The van der Waals surface area contributed by atoms with E-state index in [9.17, 15) is 14.7 Å². The molecule has 1 saturated carbocycles. The van der Waals surface area contributed by atoms with E-state index in [-0.39, 0.29) is 37.1 Å². The van der Waals surface area contributed by atoms with Gasteiger partial charge in [-0.25, -0.2) is 4.79 Å². The molecule has 4 N–H and O–H groups in total. The molecule has 3 atom stereocenters. The van der Waals surface area contributed by atoms with Crippen LogP contribution in [0.1, 0.15) is 45.4 Å². The monoisotopic (exact) mass is 339 g/mol. The minimum absolute atomic E-state index is 0.0923. The van der Waals surface area contributed by atoms with Gasteiger partial charge >= 0.3 is 6.03 Å². The van der Waals surface area contributed by atoms with Gasteiger partial charge in [0, 0.05) is 12.6 Å². The maximum absolute atomic E-state index is 12.1. The highest BCUT2D eigenvalue weighted by Crippen LogP contribution is 2.18. The minimum atomic E-state index is -0.550. The Bertz CT molecular complexity index is 449. The van der Waals surface area contributed by atoms with Gasteiger partial charge < -0.3 is 25.8 Å². The first-order valence-electron chi connectivity index (χ1n) is 8.90. The number of ether oxygens (including phenoxy) is 1. The van der Waals surface area contributed by atoms with E-state index in [4.69, 9.17) is 4.74 Å². The standard InChI is InChI=1S/C17H29N3O4/c1-2-18-16(22)10-13-8-9-14(15(11-21)24-13)20-17(23)19-12-6-4-3-5-7-12/h8-9,12-15,21H,2-7,10-11H2,1H3,(H,18,22)(H2,19,20,23)/t13-,14+,15+/m1/s1. The molecule has 7 nitrogen and oxygen atoms in total. The molecule has 0 aromatic rings. The lowest BCUT2D eigenvalue weighted by atomic mass is 9.96. The number of aliphatic hydroxyl groups excluding tert-OH is 1. The lowest BCUT2D eigenvalue weighted by Gasteiger charge is -2.32. The van der Waals surface area contributed by atoms with Crippen molar-refractivity contribution < 1.29 is 19.4 Å². The molecule has 2 rings (SSSR count). The number of hydrogen-bond acceptors (Lipinski definition) is 4. The average Bonchev–Trinajstić information content (AvgIpc) is 2.57. The molecule has 24 heavy (non-hydrogen) atoms. The molecule has 0 aromatic heterocycles. The second-order valence-corrected chi connectivity index (χ2v) is 6.42. The summed E-state index contributed by atoms with van der Waals surface area (Å²) in [5, 5.41) is 18.1. The molecule has 1 heterocycles. The third-order valence-electron chi connectivity index (χ3n) is 4.46. The van der Waals surface area contributed by atoms with Crippen molar-refractivity contribution >= 4 is 11.9 Å². The predicted octanol–water partition coefficient (Wildman–Crippen LogP) is 0.829. The van der Waals surface area contributed by atoms with Gasteiger partial charge in [-0.3, -0.25) is 4.79 Å². The third kappa shape index (κ3) is 5.79. The van der Waals surface area contributed by atoms with Crippen molar-refractivity contribution in [3.63, 3.8) is 0 Å². The molecule has 0 bridgehead atoms. The average molecular weight is 339 g/mol. The van der Waals surface area contributed by atoms with Gasteiger partial charge in [0.2, 0.25) is 5.91 Å². The maximum Gasteiger partial charge on any atom is 0.315 e. The predicted molar refractivity (Wildman–Crippen MR) is 90.5 cm³/mol. The molecule has 0 aromatic carbocycles. The Morgan fingerprint density at radius 3 is 2.58 bits per heavy atom. The topological polar surface area (TPSA) is 99.7 Å². The first kappa shape index (κ1) is 18.7. The summed E-state index contributed by atoms with van der Waals surface area (Å²) < 4.78 is 5.72. The lowest BCUT2D eigenvalue weighted by Crippen LogP contribution is -2.53. The molecular formula is C17H29N3O4. The van der Waals surface area contributed by atoms with Crippen LogP contribution in [0.2, 0.25) is 0 Å². The fraction of sp³-hybridized carbons (Fsp3) is 0.765. The van der Waals surface area contributed by atoms with Crippen LogP contribution in [-0.2, 0) is 9.53 Å². The van der Waals surface area contributed by atoms with Gasteiger partial charge in [0.15, 0.2) is 0 Å². The lowest BCUT2D eigenvalue weighted by molar-refractivity contribution is -0.125. The summed E-state index contributed by atoms with van der Waals surface area (Å²) >= 11 is 0. The Morgan fingerprint density at radius 2 is 1.92 bits per heavy atom. The Balaban J connectivity index is 1.83. The number of amides is 3. The number of urea groups is 1. The zero-order valence-electron chi connectivity index (χ0n) is 14.3. The van der Waals surface area contributed by atoms with Gasteiger partial charge in [-0.2, -0.15) is 0 Å². The first-order valence-corrected chi connectivity index (χ1v) is 8.90. The molecule has 2 aliphatic rings. The van der Waals surface area contributed by atoms with Crippen LogP contribution in [0.25, 0.3) is 0 Å². The number of carbonyl (C=O) groups excluding carboxylic acids is 2. The summed E-state index contributed by atoms with van der Waals surface area (Å²) in [5.74, 6) is -0.0923. The van der Waals surface area contributed by atoms with Crippen molar-refractivity contribution in [2.75, 3.05) is 13.2 Å². The van der Waals surface area contributed by atoms with E-state index >= 15 is 0 Å². The summed E-state index contributed by atoms with van der Waals surface area (Å²) in [7, 11) is 0. The summed E-state index contributed by atoms with van der Waals surface area (Å²) in [6, 6.07) is -0.407. The fourth-order valence-electron chi connectivity index (χ4n) is 3.21. The van der Waals surface area contributed by atoms with E-state index in [0.29, 0.717) is 6.54 Å². The van der Waals surface area contributed by atoms with Gasteiger partial charge in [-0.1, -0.05) is 31.4 Å². The molecule has 1 fully saturated rings. The zero-order chi connectivity index (χ0) is 17.4. The third-order valence-corrected chi connectivity index (χ3v) is 4.46. The molecule has 0 spiro atoms. The van der Waals surface area contributed by atoms with Gasteiger partial charge in [0.05, 0.1) is 25.2 Å². The molecule has 1 aliphatic carbocycles. The van der Waals surface area contributed by atoms with Crippen LogP contribution in [0.3, 0.4) is 0 Å². The quantitative estimate of drug-likeness (QED) is 0.539. The fourth-order valence-corrected chi connectivity index (χ4v) is 3.21. The molecule has 3 amide bonds. The van der Waals surface area contributed by atoms with Crippen LogP contribution in [0.4, 0.5) is 4.79 Å². The van der Waals surface area contributed by atoms with E-state index in [2.05, 4.69) is 16.0 Å². The van der Waals surface area contributed by atoms with Crippen LogP contribution in [0.15, 0.2) is 12.2 Å². The van der Waals surface area contributed by atoms with Gasteiger partial charge in [-0.15, -0.1) is 0 Å². The zero-order valence-corrected chi connectivity index (χ0v) is 14.3. The summed E-state index contributed by atoms with van der Waals surface area (Å²) in [5.41, 5.74) is 0. The highest BCUT2D eigenvalue weighted by Gasteiger charge is 2.29. The molecule has 0 radical (unpaired) electrons. The van der Waals surface area contributed by atoms with Crippen LogP contribution in [0.5, 0.6) is 0 Å². The Labute approximate surface area is 143 Å². The number of rotatable bonds is 6. The Kier molecular flexibility index (Phi) is 7.52. The Morgan fingerprint density at radius 1 is 1.17 bits per heavy atom. The van der Waals surface area contributed by atoms with Gasteiger partial charge in [0.25, 0.3) is 0 Å². The molecule has 0 unspecified atom stereocenters.